The molecule has 0 amide bonds. The molecular formula is C31H45F2N7O. The van der Waals surface area contributed by atoms with Crippen LogP contribution < -0.4 is 10.2 Å². The number of hydrogen-bond donors (Lipinski definition) is 1. The highest BCUT2D eigenvalue weighted by Gasteiger charge is 2.27. The molecule has 0 radical (unpaired) electrons. The van der Waals surface area contributed by atoms with Crippen LogP contribution in [0, 0.1) is 12.8 Å². The third-order valence-corrected chi connectivity index (χ3v) is 8.52. The minimum absolute atomic E-state index is 0.111. The van der Waals surface area contributed by atoms with E-state index >= 15 is 0 Å². The van der Waals surface area contributed by atoms with Crippen LogP contribution in [0.5, 0.6) is 0 Å². The van der Waals surface area contributed by atoms with Gasteiger partial charge in [-0.05, 0) is 89.1 Å². The fourth-order valence-electron chi connectivity index (χ4n) is 6.42. The van der Waals surface area contributed by atoms with Crippen molar-refractivity contribution < 1.29 is 13.5 Å². The summed E-state index contributed by atoms with van der Waals surface area (Å²) >= 11 is 0. The van der Waals surface area contributed by atoms with Gasteiger partial charge in [0, 0.05) is 25.2 Å². The number of fused-ring (bicyclic) bond motifs is 1. The van der Waals surface area contributed by atoms with Crippen LogP contribution in [0.4, 0.5) is 20.5 Å². The number of nitrogens with zero attached hydrogens (tertiary/aromatic N) is 6. The van der Waals surface area contributed by atoms with Crippen LogP contribution in [0.1, 0.15) is 77.1 Å². The average molecular weight is 570 g/mol. The van der Waals surface area contributed by atoms with E-state index in [1.54, 1.807) is 6.07 Å². The molecule has 10 heteroatoms. The molecule has 41 heavy (non-hydrogen) atoms. The van der Waals surface area contributed by atoms with E-state index < -0.39 is 6.43 Å². The number of aryl methyl sites for hydroxylation is 1. The number of ether oxygens (including phenoxy) is 1. The van der Waals surface area contributed by atoms with E-state index in [0.717, 1.165) is 24.9 Å². The topological polar surface area (TPSA) is 71.3 Å². The number of nitrogens with one attached hydrogen (secondary N) is 1. The first-order chi connectivity index (χ1) is 19.9. The molecular weight excluding hydrogens is 524 g/mol. The first-order valence-electron chi connectivity index (χ1n) is 15.4. The van der Waals surface area contributed by atoms with Gasteiger partial charge in [0.1, 0.15) is 11.6 Å². The summed E-state index contributed by atoms with van der Waals surface area (Å²) in [6, 6.07) is 8.16. The highest BCUT2D eigenvalue weighted by atomic mass is 19.3. The van der Waals surface area contributed by atoms with Gasteiger partial charge in [-0.1, -0.05) is 19.9 Å². The second-order valence-corrected chi connectivity index (χ2v) is 11.7. The summed E-state index contributed by atoms with van der Waals surface area (Å²) in [7, 11) is 0. The molecule has 1 aliphatic carbocycles. The van der Waals surface area contributed by atoms with Gasteiger partial charge in [0.15, 0.2) is 5.82 Å². The maximum Gasteiger partial charge on any atom is 0.296 e. The van der Waals surface area contributed by atoms with Crippen molar-refractivity contribution in [3.05, 3.63) is 35.7 Å². The van der Waals surface area contributed by atoms with Gasteiger partial charge < -0.3 is 19.9 Å². The Labute approximate surface area is 242 Å². The molecule has 1 saturated heterocycles. The molecule has 1 N–H and O–H groups in total. The number of rotatable bonds is 11. The maximum atomic E-state index is 14.3. The van der Waals surface area contributed by atoms with Gasteiger partial charge in [0.25, 0.3) is 6.43 Å². The van der Waals surface area contributed by atoms with E-state index in [1.807, 2.05) is 25.1 Å². The van der Waals surface area contributed by atoms with Crippen LogP contribution in [-0.2, 0) is 4.74 Å². The second kappa shape index (κ2) is 13.4. The molecule has 1 aromatic carbocycles. The molecule has 3 heterocycles. The van der Waals surface area contributed by atoms with Gasteiger partial charge in [0.05, 0.1) is 30.3 Å². The number of imidazole rings is 1. The Balaban J connectivity index is 1.41. The van der Waals surface area contributed by atoms with E-state index in [2.05, 4.69) is 40.9 Å². The highest BCUT2D eigenvalue weighted by Crippen LogP contribution is 2.31. The molecule has 0 unspecified atom stereocenters. The summed E-state index contributed by atoms with van der Waals surface area (Å²) in [4.78, 5) is 18.8. The van der Waals surface area contributed by atoms with Crippen LogP contribution in [0.2, 0.25) is 0 Å². The summed E-state index contributed by atoms with van der Waals surface area (Å²) in [5.74, 6) is 1.80. The molecule has 224 valence electrons. The zero-order valence-electron chi connectivity index (χ0n) is 25.0. The van der Waals surface area contributed by atoms with Gasteiger partial charge in [-0.25, -0.2) is 13.8 Å². The van der Waals surface area contributed by atoms with Crippen molar-refractivity contribution in [2.24, 2.45) is 5.92 Å². The molecule has 2 fully saturated rings. The van der Waals surface area contributed by atoms with E-state index in [0.29, 0.717) is 60.3 Å². The van der Waals surface area contributed by atoms with Crippen LogP contribution in [0.3, 0.4) is 0 Å². The standard InChI is InChI=1S/C31H45F2N7O/c1-5-13-38(14-6-2)24-10-8-23(9-11-24)19-34-31-36-27(39-15-16-41-20-22(39)4)18-28(37-31)40-26-17-21(3)7-12-25(26)35-30(40)29(32)33/h7,12,17-18,22-24,29H,5-6,8-11,13-16,19-20H2,1-4H3,(H,34,36,37)/t22-,23-,24-/m0/s1. The minimum Gasteiger partial charge on any atom is -0.377 e. The molecule has 5 rings (SSSR count). The summed E-state index contributed by atoms with van der Waals surface area (Å²) < 4.78 is 35.7. The number of benzene rings is 1. The predicted octanol–water partition coefficient (Wildman–Crippen LogP) is 6.38. The molecule has 1 atom stereocenters. The molecule has 1 aliphatic heterocycles. The normalized spacial score (nSPS) is 21.8. The summed E-state index contributed by atoms with van der Waals surface area (Å²) in [5, 5.41) is 3.50. The average Bonchev–Trinajstić information content (AvgIpc) is 3.35. The third-order valence-electron chi connectivity index (χ3n) is 8.52. The summed E-state index contributed by atoms with van der Waals surface area (Å²) in [6.07, 6.45) is 4.39. The Morgan fingerprint density at radius 2 is 1.76 bits per heavy atom. The van der Waals surface area contributed by atoms with E-state index in [9.17, 15) is 8.78 Å². The monoisotopic (exact) mass is 569 g/mol. The van der Waals surface area contributed by atoms with Crippen molar-refractivity contribution in [1.29, 1.82) is 0 Å². The van der Waals surface area contributed by atoms with E-state index in [1.165, 1.54) is 43.3 Å². The molecule has 3 aromatic rings. The zero-order chi connectivity index (χ0) is 28.9. The number of aromatic nitrogens is 4. The second-order valence-electron chi connectivity index (χ2n) is 11.7. The Hall–Kier alpha value is -2.85. The fourth-order valence-corrected chi connectivity index (χ4v) is 6.42. The van der Waals surface area contributed by atoms with Crippen LogP contribution in [-0.4, -0.2) is 75.9 Å². The lowest BCUT2D eigenvalue weighted by molar-refractivity contribution is 0.0985. The van der Waals surface area contributed by atoms with Crippen molar-refractivity contribution in [2.45, 2.75) is 84.7 Å². The summed E-state index contributed by atoms with van der Waals surface area (Å²) in [5.41, 5.74) is 2.12. The van der Waals surface area contributed by atoms with Crippen LogP contribution in [0.25, 0.3) is 16.9 Å². The maximum absolute atomic E-state index is 14.3. The van der Waals surface area contributed by atoms with Gasteiger partial charge >= 0.3 is 0 Å². The van der Waals surface area contributed by atoms with E-state index in [-0.39, 0.29) is 11.9 Å². The van der Waals surface area contributed by atoms with Crippen LogP contribution >= 0.6 is 0 Å². The smallest absolute Gasteiger partial charge is 0.296 e. The quantitative estimate of drug-likeness (QED) is 0.287. The van der Waals surface area contributed by atoms with Crippen molar-refractivity contribution in [3.63, 3.8) is 0 Å². The number of morpholine rings is 1. The highest BCUT2D eigenvalue weighted by molar-refractivity contribution is 5.79. The molecule has 2 aromatic heterocycles. The largest absolute Gasteiger partial charge is 0.377 e. The van der Waals surface area contributed by atoms with E-state index in [4.69, 9.17) is 14.7 Å². The molecule has 0 spiro atoms. The minimum atomic E-state index is -2.74. The number of hydrogen-bond acceptors (Lipinski definition) is 7. The van der Waals surface area contributed by atoms with Crippen molar-refractivity contribution in [3.8, 4) is 5.82 Å². The molecule has 1 saturated carbocycles. The molecule has 8 nitrogen and oxygen atoms in total. The number of anilines is 2. The SMILES string of the molecule is CCCN(CCC)[C@H]1CC[C@H](CNc2nc(N3CCOC[C@@H]3C)cc(-n3c(C(F)F)nc4ccc(C)cc43)n2)CC1. The molecule has 2 aliphatic rings. The zero-order valence-corrected chi connectivity index (χ0v) is 25.0. The van der Waals surface area contributed by atoms with Gasteiger partial charge in [-0.3, -0.25) is 4.57 Å². The summed E-state index contributed by atoms with van der Waals surface area (Å²) in [6.45, 7) is 13.5. The first kappa shape index (κ1) is 29.6. The Morgan fingerprint density at radius 1 is 1.02 bits per heavy atom. The Kier molecular flexibility index (Phi) is 9.70. The van der Waals surface area contributed by atoms with Crippen molar-refractivity contribution in [2.75, 3.05) is 49.6 Å². The lowest BCUT2D eigenvalue weighted by atomic mass is 9.85. The Morgan fingerprint density at radius 3 is 2.44 bits per heavy atom. The molecule has 0 bridgehead atoms. The lowest BCUT2D eigenvalue weighted by Gasteiger charge is -2.37. The van der Waals surface area contributed by atoms with Crippen molar-refractivity contribution >= 4 is 22.8 Å². The predicted molar refractivity (Wildman–Crippen MR) is 160 cm³/mol. The number of halogens is 2. The van der Waals surface area contributed by atoms with Crippen molar-refractivity contribution in [1.82, 2.24) is 24.4 Å². The Bertz CT molecular complexity index is 1280. The fraction of sp³-hybridized carbons (Fsp3) is 0.645. The third kappa shape index (κ3) is 6.80. The van der Waals surface area contributed by atoms with Gasteiger partial charge in [0.2, 0.25) is 5.95 Å². The van der Waals surface area contributed by atoms with Gasteiger partial charge in [-0.15, -0.1) is 0 Å². The number of alkyl halides is 2. The lowest BCUT2D eigenvalue weighted by Crippen LogP contribution is -2.44. The van der Waals surface area contributed by atoms with Crippen LogP contribution in [0.15, 0.2) is 24.3 Å². The van der Waals surface area contributed by atoms with Gasteiger partial charge in [-0.2, -0.15) is 9.97 Å². The first-order valence-corrected chi connectivity index (χ1v) is 15.4.